The van der Waals surface area contributed by atoms with Crippen molar-refractivity contribution in [1.82, 2.24) is 9.88 Å². The Morgan fingerprint density at radius 2 is 2.15 bits per heavy atom. The lowest BCUT2D eigenvalue weighted by Gasteiger charge is -2.19. The van der Waals surface area contributed by atoms with Gasteiger partial charge in [-0.2, -0.15) is 0 Å². The van der Waals surface area contributed by atoms with Gasteiger partial charge in [-0.05, 0) is 12.8 Å². The molecule has 0 radical (unpaired) electrons. The lowest BCUT2D eigenvalue weighted by Crippen LogP contribution is -2.40. The third-order valence-electron chi connectivity index (χ3n) is 3.04. The van der Waals surface area contributed by atoms with Crippen molar-refractivity contribution in [3.8, 4) is 0 Å². The van der Waals surface area contributed by atoms with E-state index >= 15 is 0 Å². The van der Waals surface area contributed by atoms with E-state index in [1.54, 1.807) is 0 Å². The van der Waals surface area contributed by atoms with Crippen molar-refractivity contribution in [1.29, 1.82) is 0 Å². The fourth-order valence-corrected chi connectivity index (χ4v) is 2.66. The van der Waals surface area contributed by atoms with Crippen LogP contribution in [0.5, 0.6) is 0 Å². The Balaban J connectivity index is 2.02. The number of carbonyl (C=O) groups excluding carboxylic acids is 1. The van der Waals surface area contributed by atoms with Crippen LogP contribution < -0.4 is 5.32 Å². The molecule has 0 atom stereocenters. The number of anilines is 1. The first kappa shape index (κ1) is 14.8. The first-order valence-corrected chi connectivity index (χ1v) is 7.41. The zero-order chi connectivity index (χ0) is 14.9. The minimum atomic E-state index is -0.999. The van der Waals surface area contributed by atoms with E-state index in [0.29, 0.717) is 5.13 Å². The summed E-state index contributed by atoms with van der Waals surface area (Å²) in [6.45, 7) is 5.88. The number of carboxylic acids is 1. The maximum Gasteiger partial charge on any atom is 0.324 e. The van der Waals surface area contributed by atoms with Crippen molar-refractivity contribution in [2.75, 3.05) is 11.9 Å². The number of hydrogen-bond acceptors (Lipinski definition) is 4. The van der Waals surface area contributed by atoms with Crippen LogP contribution in [0.3, 0.4) is 0 Å². The van der Waals surface area contributed by atoms with E-state index in [-0.39, 0.29) is 24.0 Å². The largest absolute Gasteiger partial charge is 0.480 e. The molecule has 110 valence electrons. The molecule has 1 aliphatic carbocycles. The average molecular weight is 297 g/mol. The molecule has 2 rings (SSSR count). The van der Waals surface area contributed by atoms with Gasteiger partial charge in [-0.15, -0.1) is 11.3 Å². The summed E-state index contributed by atoms with van der Waals surface area (Å²) in [6, 6.07) is -0.335. The second kappa shape index (κ2) is 5.40. The maximum absolute atomic E-state index is 12.1. The van der Waals surface area contributed by atoms with E-state index in [2.05, 4.69) is 31.1 Å². The molecule has 1 heterocycles. The molecule has 0 aliphatic heterocycles. The molecule has 0 unspecified atom stereocenters. The fourth-order valence-electron chi connectivity index (χ4n) is 1.74. The molecule has 0 bridgehead atoms. The highest BCUT2D eigenvalue weighted by atomic mass is 32.1. The van der Waals surface area contributed by atoms with Gasteiger partial charge in [-0.3, -0.25) is 10.1 Å². The fraction of sp³-hybridized carbons (Fsp3) is 0.615. The number of nitrogens with one attached hydrogen (secondary N) is 1. The highest BCUT2D eigenvalue weighted by Crippen LogP contribution is 2.29. The summed E-state index contributed by atoms with van der Waals surface area (Å²) in [6.07, 6.45) is 1.73. The molecule has 1 aromatic heterocycles. The van der Waals surface area contributed by atoms with E-state index in [4.69, 9.17) is 5.11 Å². The molecule has 0 aromatic carbocycles. The van der Waals surface area contributed by atoms with Gasteiger partial charge >= 0.3 is 12.0 Å². The number of aliphatic carboxylic acids is 1. The van der Waals surface area contributed by atoms with Crippen LogP contribution in [0, 0.1) is 0 Å². The van der Waals surface area contributed by atoms with Gasteiger partial charge in [0, 0.05) is 16.8 Å². The molecular weight excluding hydrogens is 278 g/mol. The third-order valence-corrected chi connectivity index (χ3v) is 3.80. The van der Waals surface area contributed by atoms with Crippen LogP contribution in [-0.2, 0) is 10.2 Å². The van der Waals surface area contributed by atoms with Crippen LogP contribution in [0.1, 0.15) is 39.3 Å². The van der Waals surface area contributed by atoms with Crippen LogP contribution in [0.4, 0.5) is 9.93 Å². The number of carbonyl (C=O) groups is 2. The Kier molecular flexibility index (Phi) is 3.99. The normalized spacial score (nSPS) is 14.9. The van der Waals surface area contributed by atoms with Gasteiger partial charge < -0.3 is 10.0 Å². The summed E-state index contributed by atoms with van der Waals surface area (Å²) >= 11 is 1.36. The summed E-state index contributed by atoms with van der Waals surface area (Å²) in [4.78, 5) is 28.6. The van der Waals surface area contributed by atoms with Crippen molar-refractivity contribution in [2.45, 2.75) is 45.1 Å². The molecule has 0 saturated heterocycles. The predicted molar refractivity (Wildman–Crippen MR) is 77.2 cm³/mol. The SMILES string of the molecule is CC(C)(C)c1csc(NC(=O)N(CC(=O)O)C2CC2)n1. The summed E-state index contributed by atoms with van der Waals surface area (Å²) < 4.78 is 0. The zero-order valence-corrected chi connectivity index (χ0v) is 12.7. The Morgan fingerprint density at radius 1 is 1.50 bits per heavy atom. The number of nitrogens with zero attached hydrogens (tertiary/aromatic N) is 2. The Labute approximate surface area is 121 Å². The predicted octanol–water partition coefficient (Wildman–Crippen LogP) is 2.52. The third kappa shape index (κ3) is 3.69. The minimum absolute atomic E-state index is 0.0492. The quantitative estimate of drug-likeness (QED) is 0.894. The minimum Gasteiger partial charge on any atom is -0.480 e. The Bertz CT molecular complexity index is 517. The molecule has 1 aromatic rings. The van der Waals surface area contributed by atoms with Crippen molar-refractivity contribution < 1.29 is 14.7 Å². The summed E-state index contributed by atoms with van der Waals surface area (Å²) in [7, 11) is 0. The van der Waals surface area contributed by atoms with Crippen molar-refractivity contribution in [3.05, 3.63) is 11.1 Å². The van der Waals surface area contributed by atoms with Gasteiger partial charge in [0.15, 0.2) is 5.13 Å². The summed E-state index contributed by atoms with van der Waals surface area (Å²) in [5, 5.41) is 14.0. The highest BCUT2D eigenvalue weighted by Gasteiger charge is 2.34. The van der Waals surface area contributed by atoms with E-state index in [0.717, 1.165) is 18.5 Å². The van der Waals surface area contributed by atoms with Gasteiger partial charge in [-0.1, -0.05) is 20.8 Å². The molecule has 20 heavy (non-hydrogen) atoms. The molecule has 2 N–H and O–H groups in total. The van der Waals surface area contributed by atoms with E-state index in [9.17, 15) is 9.59 Å². The summed E-state index contributed by atoms with van der Waals surface area (Å²) in [5.41, 5.74) is 0.838. The van der Waals surface area contributed by atoms with Crippen molar-refractivity contribution in [2.24, 2.45) is 0 Å². The average Bonchev–Trinajstić information content (AvgIpc) is 3.04. The van der Waals surface area contributed by atoms with Crippen LogP contribution in [0.15, 0.2) is 5.38 Å². The number of urea groups is 1. The number of carboxylic acid groups (broad SMARTS) is 1. The molecular formula is C13H19N3O3S. The lowest BCUT2D eigenvalue weighted by molar-refractivity contribution is -0.137. The van der Waals surface area contributed by atoms with Gasteiger partial charge in [0.25, 0.3) is 0 Å². The van der Waals surface area contributed by atoms with Crippen molar-refractivity contribution in [3.63, 3.8) is 0 Å². The standard InChI is InChI=1S/C13H19N3O3S/c1-13(2,3)9-7-20-11(14-9)15-12(19)16(6-10(17)18)8-4-5-8/h7-8H,4-6H2,1-3H3,(H,17,18)(H,14,15,19). The molecule has 1 fully saturated rings. The van der Waals surface area contributed by atoms with E-state index in [1.165, 1.54) is 16.2 Å². The van der Waals surface area contributed by atoms with Gasteiger partial charge in [0.1, 0.15) is 6.54 Å². The van der Waals surface area contributed by atoms with Gasteiger partial charge in [-0.25, -0.2) is 9.78 Å². The van der Waals surface area contributed by atoms with Crippen molar-refractivity contribution >= 4 is 28.5 Å². The van der Waals surface area contributed by atoms with Crippen LogP contribution in [0.25, 0.3) is 0 Å². The zero-order valence-electron chi connectivity index (χ0n) is 11.8. The molecule has 0 spiro atoms. The number of thiazole rings is 1. The topological polar surface area (TPSA) is 82.5 Å². The van der Waals surface area contributed by atoms with Crippen LogP contribution >= 0.6 is 11.3 Å². The molecule has 6 nitrogen and oxygen atoms in total. The summed E-state index contributed by atoms with van der Waals surface area (Å²) in [5.74, 6) is -0.999. The monoisotopic (exact) mass is 297 g/mol. The molecule has 7 heteroatoms. The number of aromatic nitrogens is 1. The van der Waals surface area contributed by atoms with E-state index in [1.807, 2.05) is 5.38 Å². The Morgan fingerprint density at radius 3 is 2.60 bits per heavy atom. The second-order valence-electron chi connectivity index (χ2n) is 5.97. The number of amides is 2. The molecule has 2 amide bonds. The second-order valence-corrected chi connectivity index (χ2v) is 6.83. The number of hydrogen-bond donors (Lipinski definition) is 2. The van der Waals surface area contributed by atoms with E-state index < -0.39 is 5.97 Å². The van der Waals surface area contributed by atoms with Crippen LogP contribution in [0.2, 0.25) is 0 Å². The highest BCUT2D eigenvalue weighted by molar-refractivity contribution is 7.13. The van der Waals surface area contributed by atoms with Crippen LogP contribution in [-0.4, -0.2) is 39.6 Å². The first-order valence-electron chi connectivity index (χ1n) is 6.53. The first-order chi connectivity index (χ1) is 9.27. The van der Waals surface area contributed by atoms with Gasteiger partial charge in [0.05, 0.1) is 5.69 Å². The maximum atomic E-state index is 12.1. The molecule has 1 aliphatic rings. The smallest absolute Gasteiger partial charge is 0.324 e. The van der Waals surface area contributed by atoms with Gasteiger partial charge in [0.2, 0.25) is 0 Å². The number of rotatable bonds is 4. The lowest BCUT2D eigenvalue weighted by atomic mass is 9.93. The molecule has 1 saturated carbocycles. The Hall–Kier alpha value is -1.63.